The van der Waals surface area contributed by atoms with Crippen LogP contribution in [-0.4, -0.2) is 16.2 Å². The Balaban J connectivity index is 2.04. The molecule has 0 aliphatic heterocycles. The summed E-state index contributed by atoms with van der Waals surface area (Å²) in [7, 11) is 0. The average molecular weight is 312 g/mol. The Morgan fingerprint density at radius 3 is 2.89 bits per heavy atom. The lowest BCUT2D eigenvalue weighted by atomic mass is 10.2. The molecule has 0 aliphatic carbocycles. The lowest BCUT2D eigenvalue weighted by Gasteiger charge is -2.07. The Morgan fingerprint density at radius 1 is 1.50 bits per heavy atom. The van der Waals surface area contributed by atoms with Crippen molar-refractivity contribution in [2.75, 3.05) is 0 Å². The SMILES string of the molecule is Cc1cc(Br)ccc1OCc1cc(C(=O)O)no1. The summed E-state index contributed by atoms with van der Waals surface area (Å²) in [6.45, 7) is 2.06. The van der Waals surface area contributed by atoms with Crippen LogP contribution >= 0.6 is 15.9 Å². The molecule has 0 bridgehead atoms. The maximum Gasteiger partial charge on any atom is 0.358 e. The van der Waals surface area contributed by atoms with Gasteiger partial charge in [-0.15, -0.1) is 0 Å². The van der Waals surface area contributed by atoms with Crippen LogP contribution in [0.4, 0.5) is 0 Å². The number of ether oxygens (including phenoxy) is 1. The van der Waals surface area contributed by atoms with Gasteiger partial charge in [0.1, 0.15) is 12.4 Å². The van der Waals surface area contributed by atoms with Gasteiger partial charge in [-0.2, -0.15) is 0 Å². The molecular formula is C12H10BrNO4. The summed E-state index contributed by atoms with van der Waals surface area (Å²) in [4.78, 5) is 10.6. The highest BCUT2D eigenvalue weighted by Gasteiger charge is 2.11. The zero-order valence-electron chi connectivity index (χ0n) is 9.51. The molecule has 1 N–H and O–H groups in total. The number of nitrogens with zero attached hydrogens (tertiary/aromatic N) is 1. The Kier molecular flexibility index (Phi) is 3.66. The van der Waals surface area contributed by atoms with E-state index in [4.69, 9.17) is 14.4 Å². The summed E-state index contributed by atoms with van der Waals surface area (Å²) in [5.74, 6) is -0.0361. The second-order valence-electron chi connectivity index (χ2n) is 3.68. The van der Waals surface area contributed by atoms with Gasteiger partial charge in [-0.05, 0) is 30.7 Å². The molecular weight excluding hydrogens is 302 g/mol. The van der Waals surface area contributed by atoms with Crippen LogP contribution in [0.25, 0.3) is 0 Å². The van der Waals surface area contributed by atoms with Crippen molar-refractivity contribution in [2.24, 2.45) is 0 Å². The molecule has 0 amide bonds. The molecule has 0 atom stereocenters. The summed E-state index contributed by atoms with van der Waals surface area (Å²) in [5, 5.41) is 12.1. The van der Waals surface area contributed by atoms with Crippen LogP contribution in [-0.2, 0) is 6.61 Å². The molecule has 0 unspecified atom stereocenters. The fourth-order valence-corrected chi connectivity index (χ4v) is 1.88. The van der Waals surface area contributed by atoms with E-state index in [1.807, 2.05) is 25.1 Å². The van der Waals surface area contributed by atoms with Crippen LogP contribution in [0, 0.1) is 6.92 Å². The predicted molar refractivity (Wildman–Crippen MR) is 66.7 cm³/mol. The first kappa shape index (κ1) is 12.6. The minimum Gasteiger partial charge on any atom is -0.485 e. The number of benzene rings is 1. The number of carboxylic acid groups (broad SMARTS) is 1. The number of hydrogen-bond acceptors (Lipinski definition) is 4. The van der Waals surface area contributed by atoms with Gasteiger partial charge in [0, 0.05) is 10.5 Å². The zero-order valence-corrected chi connectivity index (χ0v) is 11.1. The van der Waals surface area contributed by atoms with E-state index >= 15 is 0 Å². The second kappa shape index (κ2) is 5.22. The van der Waals surface area contributed by atoms with E-state index in [-0.39, 0.29) is 12.3 Å². The first-order chi connectivity index (χ1) is 8.56. The van der Waals surface area contributed by atoms with Crippen molar-refractivity contribution in [3.8, 4) is 5.75 Å². The smallest absolute Gasteiger partial charge is 0.358 e. The lowest BCUT2D eigenvalue weighted by molar-refractivity contribution is 0.0685. The molecule has 1 heterocycles. The molecule has 0 saturated heterocycles. The summed E-state index contributed by atoms with van der Waals surface area (Å²) >= 11 is 3.36. The number of aromatic carboxylic acids is 1. The van der Waals surface area contributed by atoms with E-state index in [2.05, 4.69) is 21.1 Å². The van der Waals surface area contributed by atoms with Gasteiger partial charge in [0.15, 0.2) is 11.5 Å². The largest absolute Gasteiger partial charge is 0.485 e. The van der Waals surface area contributed by atoms with E-state index in [1.54, 1.807) is 0 Å². The highest BCUT2D eigenvalue weighted by molar-refractivity contribution is 9.10. The minimum absolute atomic E-state index is 0.124. The van der Waals surface area contributed by atoms with Crippen LogP contribution in [0.2, 0.25) is 0 Å². The van der Waals surface area contributed by atoms with Crippen molar-refractivity contribution < 1.29 is 19.2 Å². The van der Waals surface area contributed by atoms with E-state index in [0.29, 0.717) is 11.5 Å². The second-order valence-corrected chi connectivity index (χ2v) is 4.60. The third-order valence-electron chi connectivity index (χ3n) is 2.28. The van der Waals surface area contributed by atoms with Crippen LogP contribution in [0.5, 0.6) is 5.75 Å². The zero-order chi connectivity index (χ0) is 13.1. The molecule has 2 aromatic rings. The van der Waals surface area contributed by atoms with Crippen molar-refractivity contribution in [1.82, 2.24) is 5.16 Å². The number of aryl methyl sites for hydroxylation is 1. The Labute approximate surface area is 111 Å². The summed E-state index contributed by atoms with van der Waals surface area (Å²) in [6, 6.07) is 6.97. The van der Waals surface area contributed by atoms with Gasteiger partial charge in [0.2, 0.25) is 0 Å². The summed E-state index contributed by atoms with van der Waals surface area (Å²) < 4.78 is 11.3. The van der Waals surface area contributed by atoms with E-state index < -0.39 is 5.97 Å². The van der Waals surface area contributed by atoms with Crippen molar-refractivity contribution in [2.45, 2.75) is 13.5 Å². The molecule has 2 rings (SSSR count). The number of carboxylic acids is 1. The Morgan fingerprint density at radius 2 is 2.28 bits per heavy atom. The molecule has 1 aromatic carbocycles. The predicted octanol–water partition coefficient (Wildman–Crippen LogP) is 3.02. The average Bonchev–Trinajstić information content (AvgIpc) is 2.76. The molecule has 5 nitrogen and oxygen atoms in total. The summed E-state index contributed by atoms with van der Waals surface area (Å²) in [5.41, 5.74) is 0.850. The van der Waals surface area contributed by atoms with E-state index in [0.717, 1.165) is 10.0 Å². The fourth-order valence-electron chi connectivity index (χ4n) is 1.41. The third-order valence-corrected chi connectivity index (χ3v) is 2.78. The van der Waals surface area contributed by atoms with Crippen molar-refractivity contribution >= 4 is 21.9 Å². The normalized spacial score (nSPS) is 10.3. The highest BCUT2D eigenvalue weighted by atomic mass is 79.9. The molecule has 0 saturated carbocycles. The van der Waals surface area contributed by atoms with Crippen LogP contribution in [0.1, 0.15) is 21.8 Å². The Hall–Kier alpha value is -1.82. The van der Waals surface area contributed by atoms with Gasteiger partial charge in [0.05, 0.1) is 0 Å². The third kappa shape index (κ3) is 2.89. The van der Waals surface area contributed by atoms with Gasteiger partial charge in [-0.3, -0.25) is 0 Å². The number of hydrogen-bond donors (Lipinski definition) is 1. The van der Waals surface area contributed by atoms with Crippen molar-refractivity contribution in [3.05, 3.63) is 45.8 Å². The first-order valence-electron chi connectivity index (χ1n) is 5.14. The van der Waals surface area contributed by atoms with Crippen LogP contribution < -0.4 is 4.74 Å². The number of carbonyl (C=O) groups is 1. The Bertz CT molecular complexity index is 579. The highest BCUT2D eigenvalue weighted by Crippen LogP contribution is 2.23. The maximum atomic E-state index is 10.6. The van der Waals surface area contributed by atoms with Gasteiger partial charge in [-0.25, -0.2) is 4.79 Å². The molecule has 0 radical (unpaired) electrons. The van der Waals surface area contributed by atoms with E-state index in [9.17, 15) is 4.79 Å². The molecule has 0 fully saturated rings. The fraction of sp³-hybridized carbons (Fsp3) is 0.167. The number of halogens is 1. The lowest BCUT2D eigenvalue weighted by Crippen LogP contribution is -1.96. The molecule has 1 aromatic heterocycles. The summed E-state index contributed by atoms with van der Waals surface area (Å²) in [6.07, 6.45) is 0. The molecule has 94 valence electrons. The minimum atomic E-state index is -1.12. The monoisotopic (exact) mass is 311 g/mol. The van der Waals surface area contributed by atoms with Crippen molar-refractivity contribution in [1.29, 1.82) is 0 Å². The standard InChI is InChI=1S/C12H10BrNO4/c1-7-4-8(13)2-3-11(7)17-6-9-5-10(12(15)16)14-18-9/h2-5H,6H2,1H3,(H,15,16). The first-order valence-corrected chi connectivity index (χ1v) is 5.93. The van der Waals surface area contributed by atoms with Gasteiger partial charge in [0.25, 0.3) is 0 Å². The maximum absolute atomic E-state index is 10.6. The van der Waals surface area contributed by atoms with Gasteiger partial charge < -0.3 is 14.4 Å². The quantitative estimate of drug-likeness (QED) is 0.939. The molecule has 0 spiro atoms. The van der Waals surface area contributed by atoms with Crippen LogP contribution in [0.3, 0.4) is 0 Å². The molecule has 0 aliphatic rings. The van der Waals surface area contributed by atoms with E-state index in [1.165, 1.54) is 6.07 Å². The number of rotatable bonds is 4. The topological polar surface area (TPSA) is 72.6 Å². The van der Waals surface area contributed by atoms with Gasteiger partial charge >= 0.3 is 5.97 Å². The molecule has 6 heteroatoms. The molecule has 18 heavy (non-hydrogen) atoms. The van der Waals surface area contributed by atoms with Crippen LogP contribution in [0.15, 0.2) is 33.3 Å². The van der Waals surface area contributed by atoms with Gasteiger partial charge in [-0.1, -0.05) is 21.1 Å². The van der Waals surface area contributed by atoms with Crippen molar-refractivity contribution in [3.63, 3.8) is 0 Å². The number of aromatic nitrogens is 1.